The van der Waals surface area contributed by atoms with Crippen LogP contribution >= 0.6 is 0 Å². The summed E-state index contributed by atoms with van der Waals surface area (Å²) in [5.74, 6) is 0.220. The highest BCUT2D eigenvalue weighted by atomic mass is 16.2. The quantitative estimate of drug-likeness (QED) is 0.457. The zero-order valence-corrected chi connectivity index (χ0v) is 21.5. The van der Waals surface area contributed by atoms with Crippen molar-refractivity contribution in [2.24, 2.45) is 5.92 Å². The average molecular weight is 475 g/mol. The zero-order valence-electron chi connectivity index (χ0n) is 21.5. The molecular formula is C29H38N4O2. The highest BCUT2D eigenvalue weighted by Gasteiger charge is 2.32. The van der Waals surface area contributed by atoms with Gasteiger partial charge in [-0.1, -0.05) is 36.8 Å². The molecule has 3 aromatic rings. The van der Waals surface area contributed by atoms with E-state index >= 15 is 0 Å². The summed E-state index contributed by atoms with van der Waals surface area (Å²) in [6, 6.07) is 16.6. The maximum Gasteiger partial charge on any atom is 0.242 e. The van der Waals surface area contributed by atoms with Crippen LogP contribution in [0.5, 0.6) is 0 Å². The van der Waals surface area contributed by atoms with Gasteiger partial charge in [0.25, 0.3) is 0 Å². The van der Waals surface area contributed by atoms with E-state index in [4.69, 9.17) is 0 Å². The Bertz CT molecular complexity index is 1140. The lowest BCUT2D eigenvalue weighted by Gasteiger charge is -2.35. The number of carbonyl (C=O) groups excluding carboxylic acids is 2. The van der Waals surface area contributed by atoms with Gasteiger partial charge in [0.15, 0.2) is 0 Å². The van der Waals surface area contributed by atoms with E-state index < -0.39 is 0 Å². The van der Waals surface area contributed by atoms with Gasteiger partial charge in [-0.3, -0.25) is 9.59 Å². The van der Waals surface area contributed by atoms with Crippen molar-refractivity contribution >= 4 is 28.4 Å². The Labute approximate surface area is 208 Å². The van der Waals surface area contributed by atoms with Crippen molar-refractivity contribution in [3.8, 4) is 0 Å². The molecule has 0 unspecified atom stereocenters. The van der Waals surface area contributed by atoms with E-state index in [0.717, 1.165) is 42.5 Å². The van der Waals surface area contributed by atoms with Gasteiger partial charge in [0.1, 0.15) is 0 Å². The van der Waals surface area contributed by atoms with Crippen molar-refractivity contribution in [1.82, 2.24) is 14.8 Å². The zero-order chi connectivity index (χ0) is 24.9. The van der Waals surface area contributed by atoms with Crippen LogP contribution < -0.4 is 4.90 Å². The molecule has 1 aliphatic carbocycles. The van der Waals surface area contributed by atoms with Crippen LogP contribution in [0.15, 0.2) is 54.7 Å². The number of carbonyl (C=O) groups is 2. The number of hydrogen-bond acceptors (Lipinski definition) is 3. The normalized spacial score (nSPS) is 13.6. The molecule has 6 heteroatoms. The number of nitrogens with zero attached hydrogens (tertiary/aromatic N) is 3. The Morgan fingerprint density at radius 2 is 1.74 bits per heavy atom. The van der Waals surface area contributed by atoms with Crippen molar-refractivity contribution in [2.45, 2.75) is 52.1 Å². The molecule has 35 heavy (non-hydrogen) atoms. The lowest BCUT2D eigenvalue weighted by molar-refractivity contribution is -0.146. The largest absolute Gasteiger partial charge is 0.378 e. The molecule has 1 fully saturated rings. The summed E-state index contributed by atoms with van der Waals surface area (Å²) < 4.78 is 0. The maximum atomic E-state index is 13.6. The molecule has 1 aromatic heterocycles. The van der Waals surface area contributed by atoms with Crippen molar-refractivity contribution in [3.05, 3.63) is 65.9 Å². The number of nitrogens with one attached hydrogen (secondary N) is 1. The fraction of sp³-hybridized carbons (Fsp3) is 0.448. The number of aromatic nitrogens is 1. The van der Waals surface area contributed by atoms with Crippen LogP contribution in [-0.2, 0) is 22.6 Å². The van der Waals surface area contributed by atoms with Crippen LogP contribution in [0.4, 0.5) is 5.69 Å². The fourth-order valence-electron chi connectivity index (χ4n) is 4.66. The lowest BCUT2D eigenvalue weighted by atomic mass is 9.84. The van der Waals surface area contributed by atoms with E-state index in [1.54, 1.807) is 4.90 Å². The summed E-state index contributed by atoms with van der Waals surface area (Å²) in [6.07, 6.45) is 5.79. The molecule has 4 rings (SSSR count). The number of anilines is 1. The third-order valence-electron chi connectivity index (χ3n) is 7.17. The molecule has 1 heterocycles. The summed E-state index contributed by atoms with van der Waals surface area (Å²) in [5, 5.41) is 1.19. The topological polar surface area (TPSA) is 59.7 Å². The van der Waals surface area contributed by atoms with Crippen LogP contribution in [0.1, 0.15) is 44.2 Å². The standard InChI is InChI=1S/C29H38N4O2/c1-21(2)33(29(35)23-8-7-9-23)20-28(34)32(19-22-12-14-25(15-13-22)31(3)4)17-16-24-18-30-27-11-6-5-10-26(24)27/h5-6,10-15,18,21,23,30H,7-9,16-17,19-20H2,1-4H3. The maximum absolute atomic E-state index is 13.6. The molecule has 0 spiro atoms. The molecular weight excluding hydrogens is 436 g/mol. The number of para-hydroxylation sites is 1. The smallest absolute Gasteiger partial charge is 0.242 e. The van der Waals surface area contributed by atoms with Gasteiger partial charge in [0, 0.05) is 61.9 Å². The predicted octanol–water partition coefficient (Wildman–Crippen LogP) is 4.84. The average Bonchev–Trinajstić information content (AvgIpc) is 3.22. The van der Waals surface area contributed by atoms with Crippen LogP contribution in [0.2, 0.25) is 0 Å². The molecule has 0 saturated heterocycles. The first-order chi connectivity index (χ1) is 16.8. The summed E-state index contributed by atoms with van der Waals surface area (Å²) in [6.45, 7) is 5.26. The molecule has 1 N–H and O–H groups in total. The Morgan fingerprint density at radius 1 is 1.03 bits per heavy atom. The minimum atomic E-state index is 0.00175. The monoisotopic (exact) mass is 474 g/mol. The second-order valence-corrected chi connectivity index (χ2v) is 10.2. The van der Waals surface area contributed by atoms with Gasteiger partial charge in [-0.15, -0.1) is 0 Å². The minimum absolute atomic E-state index is 0.00175. The van der Waals surface area contributed by atoms with Gasteiger partial charge in [-0.2, -0.15) is 0 Å². The number of amides is 2. The Kier molecular flexibility index (Phi) is 7.79. The Balaban J connectivity index is 1.51. The molecule has 186 valence electrons. The number of benzene rings is 2. The van der Waals surface area contributed by atoms with E-state index in [0.29, 0.717) is 13.1 Å². The Morgan fingerprint density at radius 3 is 2.37 bits per heavy atom. The first-order valence-corrected chi connectivity index (χ1v) is 12.7. The first-order valence-electron chi connectivity index (χ1n) is 12.7. The highest BCUT2D eigenvalue weighted by Crippen LogP contribution is 2.29. The van der Waals surface area contributed by atoms with E-state index in [1.807, 2.05) is 51.2 Å². The number of fused-ring (bicyclic) bond motifs is 1. The van der Waals surface area contributed by atoms with Crippen LogP contribution in [-0.4, -0.2) is 59.8 Å². The minimum Gasteiger partial charge on any atom is -0.378 e. The second kappa shape index (κ2) is 11.0. The molecule has 0 atom stereocenters. The van der Waals surface area contributed by atoms with Crippen LogP contribution in [0, 0.1) is 5.92 Å². The van der Waals surface area contributed by atoms with Gasteiger partial charge in [0.05, 0.1) is 6.54 Å². The molecule has 0 radical (unpaired) electrons. The lowest BCUT2D eigenvalue weighted by Crippen LogP contribution is -2.49. The molecule has 0 bridgehead atoms. The van der Waals surface area contributed by atoms with Gasteiger partial charge in [-0.25, -0.2) is 0 Å². The summed E-state index contributed by atoms with van der Waals surface area (Å²) in [7, 11) is 4.04. The predicted molar refractivity (Wildman–Crippen MR) is 142 cm³/mol. The number of aromatic amines is 1. The molecule has 2 aromatic carbocycles. The molecule has 0 aliphatic heterocycles. The first kappa shape index (κ1) is 24.8. The van der Waals surface area contributed by atoms with Crippen molar-refractivity contribution in [2.75, 3.05) is 32.1 Å². The van der Waals surface area contributed by atoms with Gasteiger partial charge < -0.3 is 19.7 Å². The molecule has 1 saturated carbocycles. The van der Waals surface area contributed by atoms with E-state index in [-0.39, 0.29) is 30.3 Å². The Hall–Kier alpha value is -3.28. The summed E-state index contributed by atoms with van der Waals surface area (Å²) >= 11 is 0. The number of hydrogen-bond donors (Lipinski definition) is 1. The van der Waals surface area contributed by atoms with E-state index in [1.165, 1.54) is 10.9 Å². The van der Waals surface area contributed by atoms with Gasteiger partial charge in [0.2, 0.25) is 11.8 Å². The summed E-state index contributed by atoms with van der Waals surface area (Å²) in [5.41, 5.74) is 4.52. The van der Waals surface area contributed by atoms with Gasteiger partial charge >= 0.3 is 0 Å². The van der Waals surface area contributed by atoms with E-state index in [9.17, 15) is 9.59 Å². The molecule has 6 nitrogen and oxygen atoms in total. The fourth-order valence-corrected chi connectivity index (χ4v) is 4.66. The van der Waals surface area contributed by atoms with Crippen molar-refractivity contribution in [3.63, 3.8) is 0 Å². The van der Waals surface area contributed by atoms with Crippen molar-refractivity contribution < 1.29 is 9.59 Å². The third-order valence-corrected chi connectivity index (χ3v) is 7.17. The van der Waals surface area contributed by atoms with Crippen LogP contribution in [0.25, 0.3) is 10.9 Å². The van der Waals surface area contributed by atoms with Crippen LogP contribution in [0.3, 0.4) is 0 Å². The van der Waals surface area contributed by atoms with E-state index in [2.05, 4.69) is 46.3 Å². The summed E-state index contributed by atoms with van der Waals surface area (Å²) in [4.78, 5) is 35.7. The van der Waals surface area contributed by atoms with Crippen molar-refractivity contribution in [1.29, 1.82) is 0 Å². The highest BCUT2D eigenvalue weighted by molar-refractivity contribution is 5.87. The third kappa shape index (κ3) is 5.87. The second-order valence-electron chi connectivity index (χ2n) is 10.2. The van der Waals surface area contributed by atoms with Gasteiger partial charge in [-0.05, 0) is 62.4 Å². The SMILES string of the molecule is CC(C)N(CC(=O)N(CCc1c[nH]c2ccccc12)Cc1ccc(N(C)C)cc1)C(=O)C1CCC1. The number of H-pyrrole nitrogens is 1. The molecule has 1 aliphatic rings. The molecule has 2 amide bonds. The number of rotatable bonds is 10.